The van der Waals surface area contributed by atoms with Gasteiger partial charge in [0.2, 0.25) is 0 Å². The molecule has 0 fully saturated rings. The molecule has 0 N–H and O–H groups in total. The van der Waals surface area contributed by atoms with Gasteiger partial charge in [0.1, 0.15) is 0 Å². The van der Waals surface area contributed by atoms with Gasteiger partial charge in [0.05, 0.1) is 0 Å². The zero-order valence-electron chi connectivity index (χ0n) is 2.79. The summed E-state index contributed by atoms with van der Waals surface area (Å²) in [5.74, 6) is -2.38. The molecule has 1 unspecified atom stereocenters. The molecule has 0 aromatic carbocycles. The van der Waals surface area contributed by atoms with Crippen LogP contribution in [0.2, 0.25) is 0 Å². The van der Waals surface area contributed by atoms with E-state index in [9.17, 15) is 0 Å². The van der Waals surface area contributed by atoms with E-state index < -0.39 is 5.87 Å². The van der Waals surface area contributed by atoms with E-state index in [1.807, 2.05) is 0 Å². The zero-order valence-corrected chi connectivity index (χ0v) is 7.21. The minimum Gasteiger partial charge on any atom is -0.177 e. The molecule has 0 aliphatic heterocycles. The Morgan fingerprint density at radius 2 is 1.50 bits per heavy atom. The van der Waals surface area contributed by atoms with Crippen molar-refractivity contribution in [3.05, 3.63) is 0 Å². The highest BCUT2D eigenvalue weighted by Crippen LogP contribution is 2.19. The van der Waals surface area contributed by atoms with Crippen molar-refractivity contribution in [2.75, 3.05) is 0 Å². The molecule has 6 heteroatoms. The Balaban J connectivity index is 3.17. The van der Waals surface area contributed by atoms with Gasteiger partial charge < -0.3 is 0 Å². The summed E-state index contributed by atoms with van der Waals surface area (Å²) in [6.07, 6.45) is 0. The molecule has 0 aromatic rings. The normalized spacial score (nSPS) is 11.3. The average Bonchev–Trinajstić information content (AvgIpc) is 1.35. The van der Waals surface area contributed by atoms with Gasteiger partial charge in [-0.1, -0.05) is 0 Å². The van der Waals surface area contributed by atoms with Crippen LogP contribution in [0.3, 0.4) is 0 Å². The second-order valence-corrected chi connectivity index (χ2v) is 10.2. The number of halogens is 3. The van der Waals surface area contributed by atoms with E-state index in [2.05, 4.69) is 9.12 Å². The van der Waals surface area contributed by atoms with Crippen LogP contribution >= 0.6 is 42.4 Å². The van der Waals surface area contributed by atoms with Crippen molar-refractivity contribution in [1.82, 2.24) is 0 Å². The van der Waals surface area contributed by atoms with Gasteiger partial charge in [-0.15, -0.1) is 33.2 Å². The van der Waals surface area contributed by atoms with Crippen molar-refractivity contribution in [1.29, 1.82) is 0 Å². The number of hydrogen-bond acceptors (Lipinski definition) is 0. The van der Waals surface area contributed by atoms with E-state index in [-0.39, 0.29) is 0 Å². The Morgan fingerprint density at radius 1 is 1.33 bits per heavy atom. The van der Waals surface area contributed by atoms with Crippen molar-refractivity contribution in [2.24, 2.45) is 0 Å². The molecule has 0 aliphatic carbocycles. The largest absolute Gasteiger partial charge is 0.302 e. The lowest BCUT2D eigenvalue weighted by Gasteiger charge is -1.96. The summed E-state index contributed by atoms with van der Waals surface area (Å²) < 4.78 is 0. The first-order valence-corrected chi connectivity index (χ1v) is 6.97. The van der Waals surface area contributed by atoms with Crippen molar-refractivity contribution in [3.63, 3.8) is 0 Å². The Labute approximate surface area is 55.0 Å². The topological polar surface area (TPSA) is 0 Å². The van der Waals surface area contributed by atoms with Crippen LogP contribution < -0.4 is 0 Å². The zero-order chi connectivity index (χ0) is 5.21. The van der Waals surface area contributed by atoms with Crippen LogP contribution in [0.5, 0.6) is 0 Å². The molecule has 0 rings (SSSR count). The molecule has 0 aliphatic rings. The van der Waals surface area contributed by atoms with Crippen LogP contribution in [0.1, 0.15) is 0 Å². The quantitative estimate of drug-likeness (QED) is 0.325. The summed E-state index contributed by atoms with van der Waals surface area (Å²) in [6.45, 7) is 1.54. The van der Waals surface area contributed by atoms with Crippen molar-refractivity contribution in [3.8, 4) is 0 Å². The van der Waals surface area contributed by atoms with Crippen LogP contribution in [0.25, 0.3) is 0 Å². The molecule has 0 amide bonds. The van der Waals surface area contributed by atoms with Crippen LogP contribution in [0.15, 0.2) is 0 Å². The standard InChI is InChI=1S/BCl3H2PSi/c2-6(3,4)1-5/h5H2. The van der Waals surface area contributed by atoms with Crippen LogP contribution in [0.4, 0.5) is 0 Å². The molecule has 0 aromatic heterocycles. The lowest BCUT2D eigenvalue weighted by atomic mass is 10.7. The molecule has 0 saturated heterocycles. The fourth-order valence-electron chi connectivity index (χ4n) is 0. The minimum absolute atomic E-state index is 1.54. The molecule has 35 valence electrons. The highest BCUT2D eigenvalue weighted by Gasteiger charge is 2.21. The van der Waals surface area contributed by atoms with E-state index >= 15 is 0 Å². The molecule has 0 spiro atoms. The highest BCUT2D eigenvalue weighted by molar-refractivity contribution is 7.97. The summed E-state index contributed by atoms with van der Waals surface area (Å²) in [6, 6.07) is 0. The molecule has 0 heterocycles. The molecular formula is H2BCl3PSi. The Bertz CT molecular complexity index is 40.5. The third-order valence-corrected chi connectivity index (χ3v) is 5.10. The second kappa shape index (κ2) is 2.78. The average molecular weight is 178 g/mol. The van der Waals surface area contributed by atoms with Crippen LogP contribution in [0, 0.1) is 0 Å². The lowest BCUT2D eigenvalue weighted by Crippen LogP contribution is -2.14. The Kier molecular flexibility index (Phi) is 3.52. The van der Waals surface area contributed by atoms with E-state index in [4.69, 9.17) is 33.2 Å². The van der Waals surface area contributed by atoms with Gasteiger partial charge in [0.25, 0.3) is 0 Å². The predicted molar refractivity (Wildman–Crippen MR) is 38.8 cm³/mol. The Hall–Kier alpha value is 1.58. The second-order valence-electron chi connectivity index (χ2n) is 0.708. The van der Waals surface area contributed by atoms with Crippen molar-refractivity contribution in [2.45, 2.75) is 0 Å². The summed E-state index contributed by atoms with van der Waals surface area (Å²) in [7, 11) is 2.27. The molecule has 0 saturated carbocycles. The van der Waals surface area contributed by atoms with Crippen molar-refractivity contribution < 1.29 is 0 Å². The van der Waals surface area contributed by atoms with Gasteiger partial charge in [-0.25, -0.2) is 0 Å². The van der Waals surface area contributed by atoms with Gasteiger partial charge in [-0.05, 0) is 0 Å². The maximum absolute atomic E-state index is 5.31. The van der Waals surface area contributed by atoms with E-state index in [0.717, 1.165) is 0 Å². The summed E-state index contributed by atoms with van der Waals surface area (Å²) in [5.41, 5.74) is 0. The fraction of sp³-hybridized carbons (Fsp3) is 0. The number of rotatable bonds is 1. The molecular weight excluding hydrogens is 176 g/mol. The lowest BCUT2D eigenvalue weighted by molar-refractivity contribution is 3.74. The fourth-order valence-corrected chi connectivity index (χ4v) is 0. The van der Waals surface area contributed by atoms with Crippen LogP contribution in [-0.4, -0.2) is 12.5 Å². The van der Waals surface area contributed by atoms with Gasteiger partial charge >= 0.3 is 5.87 Å². The summed E-state index contributed by atoms with van der Waals surface area (Å²) in [5, 5.41) is 0. The predicted octanol–water partition coefficient (Wildman–Crippen LogP) is 1.63. The van der Waals surface area contributed by atoms with Gasteiger partial charge in [-0.3, -0.25) is 0 Å². The van der Waals surface area contributed by atoms with Crippen LogP contribution in [-0.2, 0) is 0 Å². The number of hydrogen-bond donors (Lipinski definition) is 0. The van der Waals surface area contributed by atoms with Gasteiger partial charge in [0, 0.05) is 0 Å². The summed E-state index contributed by atoms with van der Waals surface area (Å²) in [4.78, 5) is 0. The van der Waals surface area contributed by atoms with Gasteiger partial charge in [-0.2, -0.15) is 9.12 Å². The van der Waals surface area contributed by atoms with E-state index in [1.165, 1.54) is 6.59 Å². The van der Waals surface area contributed by atoms with E-state index in [1.54, 1.807) is 0 Å². The SMILES string of the molecule is P[B][Si](Cl)(Cl)Cl. The smallest absolute Gasteiger partial charge is 0.177 e. The molecule has 0 bridgehead atoms. The third-order valence-electron chi connectivity index (χ3n) is 0.189. The summed E-state index contributed by atoms with van der Waals surface area (Å²) >= 11 is 15.9. The van der Waals surface area contributed by atoms with Crippen molar-refractivity contribution >= 4 is 54.8 Å². The maximum atomic E-state index is 5.31. The molecule has 1 atom stereocenters. The first-order valence-electron chi connectivity index (χ1n) is 1.19. The molecule has 1 radical (unpaired) electrons. The van der Waals surface area contributed by atoms with Gasteiger partial charge in [0.15, 0.2) is 6.59 Å². The first-order chi connectivity index (χ1) is 2.56. The third kappa shape index (κ3) is 5.58. The maximum Gasteiger partial charge on any atom is 0.302 e. The Morgan fingerprint density at radius 3 is 1.50 bits per heavy atom. The molecule has 6 heavy (non-hydrogen) atoms. The molecule has 0 nitrogen and oxygen atoms in total. The first kappa shape index (κ1) is 7.58. The monoisotopic (exact) mass is 177 g/mol. The highest BCUT2D eigenvalue weighted by atomic mass is 35.8. The van der Waals surface area contributed by atoms with E-state index in [0.29, 0.717) is 0 Å². The minimum atomic E-state index is -2.38.